The van der Waals surface area contributed by atoms with Crippen LogP contribution in [-0.4, -0.2) is 3.92 Å². The largest absolute Gasteiger partial charge is 0.120 e. The molecule has 0 aromatic heterocycles. The van der Waals surface area contributed by atoms with Crippen LogP contribution in [0, 0.1) is 12.3 Å². The Morgan fingerprint density at radius 2 is 1.57 bits per heavy atom. The smallest absolute Gasteiger partial charge is 0.00530 e. The van der Waals surface area contributed by atoms with Crippen LogP contribution in [0.1, 0.15) is 20.8 Å². The van der Waals surface area contributed by atoms with Crippen molar-refractivity contribution in [3.8, 4) is 12.3 Å². The third-order valence-corrected chi connectivity index (χ3v) is 0. The normalized spacial score (nSPS) is 6.29. The molecule has 0 radical (unpaired) electrons. The zero-order chi connectivity index (χ0) is 6.28. The van der Waals surface area contributed by atoms with Crippen LogP contribution in [0.3, 0.4) is 0 Å². The molecule has 0 aliphatic heterocycles. The van der Waals surface area contributed by atoms with Gasteiger partial charge in [0.25, 0.3) is 0 Å². The van der Waals surface area contributed by atoms with Crippen molar-refractivity contribution in [2.24, 2.45) is 0 Å². The van der Waals surface area contributed by atoms with E-state index in [1.54, 1.807) is 6.92 Å². The van der Waals surface area contributed by atoms with Gasteiger partial charge in [-0.1, -0.05) is 36.4 Å². The molecule has 0 nitrogen and oxygen atoms in total. The van der Waals surface area contributed by atoms with Crippen LogP contribution in [0.4, 0.5) is 0 Å². The van der Waals surface area contributed by atoms with Gasteiger partial charge in [0.05, 0.1) is 0 Å². The maximum atomic E-state index is 4.60. The second-order valence-electron chi connectivity index (χ2n) is 1.30. The standard InChI is InChI=1S/C3H7I.C3H4/c1-3(2)4;1-3-2/h3H,1-2H3;1H,2H3. The second-order valence-corrected chi connectivity index (χ2v) is 3.79. The lowest BCUT2D eigenvalue weighted by molar-refractivity contribution is 1.16. The molecule has 0 saturated heterocycles. The van der Waals surface area contributed by atoms with Crippen LogP contribution in [0.25, 0.3) is 0 Å². The summed E-state index contributed by atoms with van der Waals surface area (Å²) < 4.78 is 0.803. The molecule has 0 amide bonds. The zero-order valence-corrected chi connectivity index (χ0v) is 7.19. The minimum absolute atomic E-state index is 0.803. The molecule has 42 valence electrons. The Morgan fingerprint density at radius 3 is 1.57 bits per heavy atom. The Balaban J connectivity index is 0. The molecule has 7 heavy (non-hydrogen) atoms. The van der Waals surface area contributed by atoms with Crippen LogP contribution < -0.4 is 0 Å². The molecule has 0 N–H and O–H groups in total. The van der Waals surface area contributed by atoms with E-state index in [0.717, 1.165) is 3.92 Å². The molecule has 0 aromatic rings. The zero-order valence-electron chi connectivity index (χ0n) is 5.03. The number of terminal acetylenes is 1. The highest BCUT2D eigenvalue weighted by molar-refractivity contribution is 14.1. The summed E-state index contributed by atoms with van der Waals surface area (Å²) in [5, 5.41) is 0. The molecule has 0 unspecified atom stereocenters. The lowest BCUT2D eigenvalue weighted by Gasteiger charge is -1.76. The van der Waals surface area contributed by atoms with E-state index in [1.165, 1.54) is 0 Å². The average molecular weight is 210 g/mol. The van der Waals surface area contributed by atoms with Crippen molar-refractivity contribution < 1.29 is 0 Å². The van der Waals surface area contributed by atoms with E-state index in [-0.39, 0.29) is 0 Å². The Kier molecular flexibility index (Phi) is 14.1. The van der Waals surface area contributed by atoms with Gasteiger partial charge in [0.15, 0.2) is 0 Å². The maximum absolute atomic E-state index is 4.60. The van der Waals surface area contributed by atoms with Crippen LogP contribution in [0.15, 0.2) is 0 Å². The van der Waals surface area contributed by atoms with E-state index in [0.29, 0.717) is 0 Å². The Morgan fingerprint density at radius 1 is 1.57 bits per heavy atom. The van der Waals surface area contributed by atoms with Gasteiger partial charge >= 0.3 is 0 Å². The van der Waals surface area contributed by atoms with Crippen molar-refractivity contribution >= 4 is 22.6 Å². The summed E-state index contributed by atoms with van der Waals surface area (Å²) in [6.45, 7) is 5.96. The van der Waals surface area contributed by atoms with Crippen LogP contribution >= 0.6 is 22.6 Å². The summed E-state index contributed by atoms with van der Waals surface area (Å²) in [6.07, 6.45) is 4.60. The molecule has 0 rings (SSSR count). The van der Waals surface area contributed by atoms with Gasteiger partial charge in [-0.05, 0) is 6.92 Å². The first-order valence-corrected chi connectivity index (χ1v) is 3.41. The second kappa shape index (κ2) is 9.56. The number of hydrogen-bond donors (Lipinski definition) is 0. The van der Waals surface area contributed by atoms with E-state index < -0.39 is 0 Å². The molecule has 0 spiro atoms. The topological polar surface area (TPSA) is 0 Å². The monoisotopic (exact) mass is 210 g/mol. The fraction of sp³-hybridized carbons (Fsp3) is 0.667. The van der Waals surface area contributed by atoms with Gasteiger partial charge in [-0.15, -0.1) is 12.3 Å². The Labute approximate surface area is 59.8 Å². The number of alkyl halides is 1. The molecule has 0 aromatic carbocycles. The van der Waals surface area contributed by atoms with E-state index in [4.69, 9.17) is 0 Å². The molecule has 0 fully saturated rings. The third kappa shape index (κ3) is 1380. The van der Waals surface area contributed by atoms with Gasteiger partial charge in [-0.2, -0.15) is 0 Å². The molecule has 1 heteroatoms. The van der Waals surface area contributed by atoms with Gasteiger partial charge in [0, 0.05) is 3.92 Å². The van der Waals surface area contributed by atoms with Crippen LogP contribution in [0.2, 0.25) is 0 Å². The van der Waals surface area contributed by atoms with Crippen molar-refractivity contribution in [2.45, 2.75) is 24.7 Å². The summed E-state index contributed by atoms with van der Waals surface area (Å²) >= 11 is 2.34. The van der Waals surface area contributed by atoms with Crippen molar-refractivity contribution in [1.82, 2.24) is 0 Å². The van der Waals surface area contributed by atoms with E-state index in [2.05, 4.69) is 48.8 Å². The van der Waals surface area contributed by atoms with Crippen molar-refractivity contribution in [1.29, 1.82) is 0 Å². The molecule has 0 atom stereocenters. The fourth-order valence-corrected chi connectivity index (χ4v) is 0. The first-order chi connectivity index (χ1) is 3.15. The predicted octanol–water partition coefficient (Wildman–Crippen LogP) is 2.47. The number of rotatable bonds is 0. The minimum atomic E-state index is 0.803. The SMILES string of the molecule is C#CC.CC(C)I. The molecular weight excluding hydrogens is 199 g/mol. The molecule has 0 aliphatic carbocycles. The molecule has 0 bridgehead atoms. The van der Waals surface area contributed by atoms with Gasteiger partial charge in [0.2, 0.25) is 0 Å². The molecule has 0 saturated carbocycles. The van der Waals surface area contributed by atoms with Gasteiger partial charge in [0.1, 0.15) is 0 Å². The lowest BCUT2D eigenvalue weighted by Crippen LogP contribution is -1.69. The number of hydrogen-bond acceptors (Lipinski definition) is 0. The van der Waals surface area contributed by atoms with Crippen LogP contribution in [-0.2, 0) is 0 Å². The summed E-state index contributed by atoms with van der Waals surface area (Å²) in [6, 6.07) is 0. The third-order valence-electron chi connectivity index (χ3n) is 0. The van der Waals surface area contributed by atoms with Gasteiger partial charge in [-0.25, -0.2) is 0 Å². The summed E-state index contributed by atoms with van der Waals surface area (Å²) in [4.78, 5) is 0. The summed E-state index contributed by atoms with van der Waals surface area (Å²) in [5.41, 5.74) is 0. The van der Waals surface area contributed by atoms with Gasteiger partial charge < -0.3 is 0 Å². The van der Waals surface area contributed by atoms with E-state index >= 15 is 0 Å². The first-order valence-electron chi connectivity index (χ1n) is 2.16. The molecular formula is C6H11I. The fourth-order valence-electron chi connectivity index (χ4n) is 0. The van der Waals surface area contributed by atoms with Crippen LogP contribution in [0.5, 0.6) is 0 Å². The highest BCUT2D eigenvalue weighted by Gasteiger charge is 1.70. The van der Waals surface area contributed by atoms with Crippen molar-refractivity contribution in [2.75, 3.05) is 0 Å². The first kappa shape index (κ1) is 10.3. The predicted molar refractivity (Wildman–Crippen MR) is 43.7 cm³/mol. The Bertz CT molecular complexity index is 46.9. The van der Waals surface area contributed by atoms with Crippen molar-refractivity contribution in [3.63, 3.8) is 0 Å². The minimum Gasteiger partial charge on any atom is -0.120 e. The molecule has 0 heterocycles. The Hall–Kier alpha value is 0.290. The number of halogens is 1. The average Bonchev–Trinajstić information content (AvgIpc) is 1.33. The highest BCUT2D eigenvalue weighted by atomic mass is 127. The van der Waals surface area contributed by atoms with Crippen molar-refractivity contribution in [3.05, 3.63) is 0 Å². The highest BCUT2D eigenvalue weighted by Crippen LogP contribution is 1.91. The maximum Gasteiger partial charge on any atom is 0.00530 e. The quantitative estimate of drug-likeness (QED) is 0.327. The summed E-state index contributed by atoms with van der Waals surface area (Å²) in [7, 11) is 0. The van der Waals surface area contributed by atoms with E-state index in [9.17, 15) is 0 Å². The summed E-state index contributed by atoms with van der Waals surface area (Å²) in [5.74, 6) is 2.25. The lowest BCUT2D eigenvalue weighted by atomic mass is 10.6. The van der Waals surface area contributed by atoms with E-state index in [1.807, 2.05) is 0 Å². The molecule has 0 aliphatic rings. The van der Waals surface area contributed by atoms with Gasteiger partial charge in [-0.3, -0.25) is 0 Å².